The van der Waals surface area contributed by atoms with Gasteiger partial charge in [0, 0.05) is 4.47 Å². The van der Waals surface area contributed by atoms with Gasteiger partial charge in [-0.05, 0) is 41.5 Å². The third kappa shape index (κ3) is 4.07. The number of nitrogens with zero attached hydrogens (tertiary/aromatic N) is 1. The van der Waals surface area contributed by atoms with Gasteiger partial charge in [-0.25, -0.2) is 4.79 Å². The lowest BCUT2D eigenvalue weighted by Crippen LogP contribution is -2.42. The summed E-state index contributed by atoms with van der Waals surface area (Å²) in [6.45, 7) is 0. The summed E-state index contributed by atoms with van der Waals surface area (Å²) in [5.41, 5.74) is 2.85. The molecule has 3 aromatic carbocycles. The highest BCUT2D eigenvalue weighted by atomic mass is 79.9. The lowest BCUT2D eigenvalue weighted by atomic mass is 10.0. The Balaban J connectivity index is 1.67. The van der Waals surface area contributed by atoms with Crippen LogP contribution in [0.5, 0.6) is 5.75 Å². The van der Waals surface area contributed by atoms with Crippen LogP contribution in [0.25, 0.3) is 12.2 Å². The van der Waals surface area contributed by atoms with Crippen molar-refractivity contribution in [3.8, 4) is 5.75 Å². The van der Waals surface area contributed by atoms with E-state index in [1.165, 1.54) is 0 Å². The van der Waals surface area contributed by atoms with E-state index < -0.39 is 6.09 Å². The number of carbonyl (C=O) groups excluding carboxylic acids is 1. The van der Waals surface area contributed by atoms with Crippen LogP contribution in [0.15, 0.2) is 95.5 Å². The quantitative estimate of drug-likeness (QED) is 0.469. The molecule has 0 saturated carbocycles. The van der Waals surface area contributed by atoms with Crippen LogP contribution in [0.4, 0.5) is 10.5 Å². The van der Waals surface area contributed by atoms with E-state index in [4.69, 9.17) is 4.74 Å². The molecular formula is C24H18BrNO2. The van der Waals surface area contributed by atoms with Crippen molar-refractivity contribution in [2.24, 2.45) is 0 Å². The highest BCUT2D eigenvalue weighted by molar-refractivity contribution is 9.10. The van der Waals surface area contributed by atoms with E-state index in [1.807, 2.05) is 91.0 Å². The zero-order valence-electron chi connectivity index (χ0n) is 15.0. The summed E-state index contributed by atoms with van der Waals surface area (Å²) in [7, 11) is 0. The van der Waals surface area contributed by atoms with Gasteiger partial charge in [-0.3, -0.25) is 4.90 Å². The highest BCUT2D eigenvalue weighted by Crippen LogP contribution is 2.33. The van der Waals surface area contributed by atoms with Crippen molar-refractivity contribution in [2.75, 3.05) is 4.90 Å². The largest absolute Gasteiger partial charge is 0.420 e. The van der Waals surface area contributed by atoms with Gasteiger partial charge in [0.1, 0.15) is 5.75 Å². The summed E-state index contributed by atoms with van der Waals surface area (Å²) in [4.78, 5) is 14.7. The molecule has 4 heteroatoms. The lowest BCUT2D eigenvalue weighted by molar-refractivity contribution is 0.207. The van der Waals surface area contributed by atoms with Gasteiger partial charge in [0.15, 0.2) is 0 Å². The number of halogens is 1. The molecule has 0 N–H and O–H groups in total. The average Bonchev–Trinajstić information content (AvgIpc) is 2.73. The van der Waals surface area contributed by atoms with E-state index in [-0.39, 0.29) is 6.04 Å². The molecule has 4 rings (SSSR count). The first kappa shape index (κ1) is 18.3. The van der Waals surface area contributed by atoms with Gasteiger partial charge in [-0.1, -0.05) is 88.8 Å². The van der Waals surface area contributed by atoms with E-state index in [9.17, 15) is 4.79 Å². The van der Waals surface area contributed by atoms with E-state index in [0.29, 0.717) is 5.75 Å². The maximum Gasteiger partial charge on any atom is 0.420 e. The molecule has 1 heterocycles. The smallest absolute Gasteiger partial charge is 0.410 e. The number of para-hydroxylation sites is 1. The van der Waals surface area contributed by atoms with Gasteiger partial charge in [0.2, 0.25) is 0 Å². The van der Waals surface area contributed by atoms with Crippen LogP contribution in [0.1, 0.15) is 11.1 Å². The number of benzene rings is 3. The minimum atomic E-state index is -0.415. The van der Waals surface area contributed by atoms with Gasteiger partial charge in [0.25, 0.3) is 0 Å². The van der Waals surface area contributed by atoms with Gasteiger partial charge in [-0.15, -0.1) is 0 Å². The van der Waals surface area contributed by atoms with Gasteiger partial charge in [0.05, 0.1) is 11.7 Å². The van der Waals surface area contributed by atoms with E-state index in [2.05, 4.69) is 15.9 Å². The molecule has 0 aliphatic carbocycles. The predicted octanol–water partition coefficient (Wildman–Crippen LogP) is 6.56. The SMILES string of the molecule is O=C(Oc1ccccc1)N1c2ccc(Br)cc2C=CC1/C=C/c1ccccc1. The molecule has 0 aromatic heterocycles. The molecule has 1 aliphatic rings. The van der Waals surface area contributed by atoms with Crippen molar-refractivity contribution < 1.29 is 9.53 Å². The third-order valence-corrected chi connectivity index (χ3v) is 4.94. The molecule has 0 bridgehead atoms. The van der Waals surface area contributed by atoms with Crippen LogP contribution in [0, 0.1) is 0 Å². The molecule has 1 unspecified atom stereocenters. The summed E-state index contributed by atoms with van der Waals surface area (Å²) >= 11 is 3.50. The van der Waals surface area contributed by atoms with Crippen LogP contribution in [0.2, 0.25) is 0 Å². The number of hydrogen-bond acceptors (Lipinski definition) is 2. The van der Waals surface area contributed by atoms with Crippen LogP contribution in [-0.2, 0) is 0 Å². The number of ether oxygens (including phenoxy) is 1. The van der Waals surface area contributed by atoms with E-state index in [1.54, 1.807) is 17.0 Å². The molecule has 28 heavy (non-hydrogen) atoms. The first-order chi connectivity index (χ1) is 13.7. The van der Waals surface area contributed by atoms with E-state index >= 15 is 0 Å². The molecule has 3 nitrogen and oxygen atoms in total. The number of amides is 1. The molecule has 0 spiro atoms. The Hall–Kier alpha value is -3.11. The van der Waals surface area contributed by atoms with Crippen LogP contribution >= 0.6 is 15.9 Å². The van der Waals surface area contributed by atoms with Crippen molar-refractivity contribution in [3.05, 3.63) is 107 Å². The van der Waals surface area contributed by atoms with Crippen molar-refractivity contribution in [3.63, 3.8) is 0 Å². The number of fused-ring (bicyclic) bond motifs is 1. The molecule has 0 saturated heterocycles. The molecule has 0 fully saturated rings. The summed E-state index contributed by atoms with van der Waals surface area (Å²) in [6.07, 6.45) is 7.64. The molecule has 1 atom stereocenters. The molecule has 1 aliphatic heterocycles. The average molecular weight is 432 g/mol. The van der Waals surface area contributed by atoms with Crippen LogP contribution < -0.4 is 9.64 Å². The molecule has 3 aromatic rings. The normalized spacial score (nSPS) is 15.5. The lowest BCUT2D eigenvalue weighted by Gasteiger charge is -2.31. The topological polar surface area (TPSA) is 29.5 Å². The minimum absolute atomic E-state index is 0.245. The van der Waals surface area contributed by atoms with Gasteiger partial charge < -0.3 is 4.74 Å². The second-order valence-corrected chi connectivity index (χ2v) is 7.29. The van der Waals surface area contributed by atoms with Crippen molar-refractivity contribution in [1.29, 1.82) is 0 Å². The van der Waals surface area contributed by atoms with Gasteiger partial charge in [-0.2, -0.15) is 0 Å². The fourth-order valence-corrected chi connectivity index (χ4v) is 3.49. The standard InChI is InChI=1S/C24H18BrNO2/c25-20-13-16-23-19(17-20)12-15-21(14-11-18-7-3-1-4-8-18)26(23)24(27)28-22-9-5-2-6-10-22/h1-17,21H/b14-11+. The molecule has 0 radical (unpaired) electrons. The van der Waals surface area contributed by atoms with Crippen LogP contribution in [0.3, 0.4) is 0 Å². The third-order valence-electron chi connectivity index (χ3n) is 4.45. The Labute approximate surface area is 172 Å². The first-order valence-corrected chi connectivity index (χ1v) is 9.77. The Morgan fingerprint density at radius 2 is 1.68 bits per heavy atom. The minimum Gasteiger partial charge on any atom is -0.410 e. The second kappa shape index (κ2) is 8.28. The molecule has 138 valence electrons. The van der Waals surface area contributed by atoms with Crippen LogP contribution in [-0.4, -0.2) is 12.1 Å². The maximum atomic E-state index is 13.1. The fourth-order valence-electron chi connectivity index (χ4n) is 3.11. The monoisotopic (exact) mass is 431 g/mol. The summed E-state index contributed by atoms with van der Waals surface area (Å²) < 4.78 is 6.59. The Kier molecular flexibility index (Phi) is 5.40. The number of hydrogen-bond donors (Lipinski definition) is 0. The summed E-state index contributed by atoms with van der Waals surface area (Å²) in [6, 6.07) is 24.7. The van der Waals surface area contributed by atoms with E-state index in [0.717, 1.165) is 21.3 Å². The predicted molar refractivity (Wildman–Crippen MR) is 117 cm³/mol. The molecular weight excluding hydrogens is 414 g/mol. The second-order valence-electron chi connectivity index (χ2n) is 6.37. The van der Waals surface area contributed by atoms with Crippen molar-refractivity contribution in [2.45, 2.75) is 6.04 Å². The van der Waals surface area contributed by atoms with Gasteiger partial charge >= 0.3 is 6.09 Å². The zero-order valence-corrected chi connectivity index (χ0v) is 16.6. The zero-order chi connectivity index (χ0) is 19.3. The Bertz CT molecular complexity index is 1030. The summed E-state index contributed by atoms with van der Waals surface area (Å²) in [5.74, 6) is 0.520. The number of anilines is 1. The molecule has 1 amide bonds. The van der Waals surface area contributed by atoms with Crippen molar-refractivity contribution in [1.82, 2.24) is 0 Å². The summed E-state index contributed by atoms with van der Waals surface area (Å²) in [5, 5.41) is 0. The highest BCUT2D eigenvalue weighted by Gasteiger charge is 2.28. The fraction of sp³-hybridized carbons (Fsp3) is 0.0417. The Morgan fingerprint density at radius 1 is 0.964 bits per heavy atom. The number of carbonyl (C=O) groups is 1. The first-order valence-electron chi connectivity index (χ1n) is 8.98. The maximum absolute atomic E-state index is 13.1. The van der Waals surface area contributed by atoms with Crippen molar-refractivity contribution >= 4 is 39.9 Å². The Morgan fingerprint density at radius 3 is 2.43 bits per heavy atom. The number of rotatable bonds is 3.